The third-order valence-corrected chi connectivity index (χ3v) is 5.29. The van der Waals surface area contributed by atoms with Crippen LogP contribution < -0.4 is 5.56 Å². The van der Waals surface area contributed by atoms with Gasteiger partial charge in [-0.3, -0.25) is 9.59 Å². The van der Waals surface area contributed by atoms with E-state index in [4.69, 9.17) is 11.6 Å². The Kier molecular flexibility index (Phi) is 4.94. The van der Waals surface area contributed by atoms with Crippen LogP contribution in [0.25, 0.3) is 11.0 Å². The summed E-state index contributed by atoms with van der Waals surface area (Å²) in [5, 5.41) is 0.689. The highest BCUT2D eigenvalue weighted by Crippen LogP contribution is 2.23. The number of benzene rings is 2. The molecular weight excluding hydrogens is 362 g/mol. The lowest BCUT2D eigenvalue weighted by atomic mass is 9.95. The molecule has 0 saturated carbocycles. The molecule has 0 spiro atoms. The highest BCUT2D eigenvalue weighted by atomic mass is 35.5. The summed E-state index contributed by atoms with van der Waals surface area (Å²) < 4.78 is 0. The van der Waals surface area contributed by atoms with Crippen LogP contribution >= 0.6 is 11.6 Å². The van der Waals surface area contributed by atoms with Crippen molar-refractivity contribution in [3.05, 3.63) is 75.2 Å². The Bertz CT molecular complexity index is 1050. The Hall–Kier alpha value is -2.66. The molecule has 1 fully saturated rings. The number of carbonyl (C=O) groups is 1. The molecule has 138 valence electrons. The number of aromatic amines is 1. The number of nitrogens with one attached hydrogen (secondary N) is 1. The van der Waals surface area contributed by atoms with Crippen LogP contribution in [-0.2, 0) is 6.42 Å². The van der Waals surface area contributed by atoms with E-state index in [1.807, 2.05) is 36.4 Å². The number of para-hydroxylation sites is 2. The minimum atomic E-state index is -0.439. The van der Waals surface area contributed by atoms with E-state index < -0.39 is 5.56 Å². The standard InChI is InChI=1S/C21H20ClN3O2/c22-15-7-5-6-14(12-15)13-16-8-3-4-11-25(16)21(27)19-20(26)24-18-10-2-1-9-17(18)23-19/h1-2,5-7,9-10,12,16H,3-4,8,11,13H2,(H,24,26)/t16-/m1/s1. The van der Waals surface area contributed by atoms with E-state index in [1.54, 1.807) is 17.0 Å². The highest BCUT2D eigenvalue weighted by molar-refractivity contribution is 6.30. The maximum absolute atomic E-state index is 13.1. The Labute approximate surface area is 162 Å². The number of fused-ring (bicyclic) bond motifs is 1. The molecule has 1 aromatic heterocycles. The van der Waals surface area contributed by atoms with E-state index in [0.717, 1.165) is 31.2 Å². The number of hydrogen-bond donors (Lipinski definition) is 1. The fraction of sp³-hybridized carbons (Fsp3) is 0.286. The Morgan fingerprint density at radius 1 is 1.19 bits per heavy atom. The SMILES string of the molecule is O=C(c1nc2ccccc2[nH]c1=O)N1CCCC[C@@H]1Cc1cccc(Cl)c1. The van der Waals surface area contributed by atoms with E-state index in [2.05, 4.69) is 9.97 Å². The van der Waals surface area contributed by atoms with Crippen LogP contribution in [0.4, 0.5) is 0 Å². The first-order valence-corrected chi connectivity index (χ1v) is 9.54. The zero-order valence-corrected chi connectivity index (χ0v) is 15.6. The number of carbonyl (C=O) groups excluding carboxylic acids is 1. The van der Waals surface area contributed by atoms with E-state index in [-0.39, 0.29) is 17.6 Å². The number of nitrogens with zero attached hydrogens (tertiary/aromatic N) is 2. The summed E-state index contributed by atoms with van der Waals surface area (Å²) >= 11 is 6.10. The number of halogens is 1. The first-order chi connectivity index (χ1) is 13.1. The van der Waals surface area contributed by atoms with Gasteiger partial charge < -0.3 is 9.88 Å². The summed E-state index contributed by atoms with van der Waals surface area (Å²) in [6.07, 6.45) is 3.63. The van der Waals surface area contributed by atoms with Crippen molar-refractivity contribution in [2.24, 2.45) is 0 Å². The maximum atomic E-state index is 13.1. The number of piperidine rings is 1. The molecule has 1 saturated heterocycles. The summed E-state index contributed by atoms with van der Waals surface area (Å²) in [7, 11) is 0. The van der Waals surface area contributed by atoms with Gasteiger partial charge in [-0.15, -0.1) is 0 Å². The molecule has 5 nitrogen and oxygen atoms in total. The second-order valence-electron chi connectivity index (χ2n) is 6.91. The second kappa shape index (κ2) is 7.53. The van der Waals surface area contributed by atoms with Gasteiger partial charge in [0.25, 0.3) is 11.5 Å². The van der Waals surface area contributed by atoms with Crippen molar-refractivity contribution in [2.45, 2.75) is 31.7 Å². The molecule has 3 aromatic rings. The van der Waals surface area contributed by atoms with Crippen LogP contribution in [0.1, 0.15) is 35.3 Å². The van der Waals surface area contributed by atoms with Gasteiger partial charge in [0.15, 0.2) is 5.69 Å². The maximum Gasteiger partial charge on any atom is 0.280 e. The van der Waals surface area contributed by atoms with Crippen molar-refractivity contribution in [1.29, 1.82) is 0 Å². The molecular formula is C21H20ClN3O2. The summed E-state index contributed by atoms with van der Waals surface area (Å²) in [6, 6.07) is 15.0. The summed E-state index contributed by atoms with van der Waals surface area (Å²) in [6.45, 7) is 0.637. The van der Waals surface area contributed by atoms with Crippen LogP contribution in [-0.4, -0.2) is 33.4 Å². The van der Waals surface area contributed by atoms with Crippen LogP contribution in [0.2, 0.25) is 5.02 Å². The van der Waals surface area contributed by atoms with Crippen molar-refractivity contribution in [3.63, 3.8) is 0 Å². The number of likely N-dealkylation sites (tertiary alicyclic amines) is 1. The number of H-pyrrole nitrogens is 1. The predicted octanol–water partition coefficient (Wildman–Crippen LogP) is 3.81. The fourth-order valence-corrected chi connectivity index (χ4v) is 3.94. The lowest BCUT2D eigenvalue weighted by Gasteiger charge is -2.35. The minimum absolute atomic E-state index is 0.0355. The van der Waals surface area contributed by atoms with Crippen molar-refractivity contribution in [1.82, 2.24) is 14.9 Å². The highest BCUT2D eigenvalue weighted by Gasteiger charge is 2.30. The molecule has 0 radical (unpaired) electrons. The first kappa shape index (κ1) is 17.7. The molecule has 1 amide bonds. The van der Waals surface area contributed by atoms with E-state index >= 15 is 0 Å². The molecule has 2 heterocycles. The Morgan fingerprint density at radius 3 is 2.89 bits per heavy atom. The van der Waals surface area contributed by atoms with Gasteiger partial charge >= 0.3 is 0 Å². The average molecular weight is 382 g/mol. The smallest absolute Gasteiger partial charge is 0.280 e. The van der Waals surface area contributed by atoms with Gasteiger partial charge in [-0.2, -0.15) is 0 Å². The lowest BCUT2D eigenvalue weighted by molar-refractivity contribution is 0.0606. The third-order valence-electron chi connectivity index (χ3n) is 5.05. The molecule has 1 atom stereocenters. The summed E-state index contributed by atoms with van der Waals surface area (Å²) in [4.78, 5) is 34.5. The van der Waals surface area contributed by atoms with E-state index in [1.165, 1.54) is 0 Å². The van der Waals surface area contributed by atoms with Crippen LogP contribution in [0.3, 0.4) is 0 Å². The molecule has 0 unspecified atom stereocenters. The van der Waals surface area contributed by atoms with Gasteiger partial charge in [-0.1, -0.05) is 35.9 Å². The Morgan fingerprint density at radius 2 is 2.04 bits per heavy atom. The quantitative estimate of drug-likeness (QED) is 0.750. The van der Waals surface area contributed by atoms with Crippen molar-refractivity contribution >= 4 is 28.5 Å². The van der Waals surface area contributed by atoms with E-state index in [0.29, 0.717) is 22.6 Å². The number of amides is 1. The van der Waals surface area contributed by atoms with Gasteiger partial charge in [0.2, 0.25) is 0 Å². The first-order valence-electron chi connectivity index (χ1n) is 9.16. The monoisotopic (exact) mass is 381 g/mol. The summed E-state index contributed by atoms with van der Waals surface area (Å²) in [5.74, 6) is -0.297. The fourth-order valence-electron chi connectivity index (χ4n) is 3.73. The zero-order valence-electron chi connectivity index (χ0n) is 14.8. The molecule has 4 rings (SSSR count). The summed E-state index contributed by atoms with van der Waals surface area (Å²) in [5.41, 5.74) is 1.86. The molecule has 0 bridgehead atoms. The number of aromatic nitrogens is 2. The number of rotatable bonds is 3. The van der Waals surface area contributed by atoms with Gasteiger partial charge in [-0.25, -0.2) is 4.98 Å². The lowest BCUT2D eigenvalue weighted by Crippen LogP contribution is -2.46. The molecule has 1 aliphatic heterocycles. The van der Waals surface area contributed by atoms with Gasteiger partial charge in [0, 0.05) is 17.6 Å². The van der Waals surface area contributed by atoms with E-state index in [9.17, 15) is 9.59 Å². The van der Waals surface area contributed by atoms with Crippen molar-refractivity contribution < 1.29 is 4.79 Å². The minimum Gasteiger partial charge on any atom is -0.334 e. The molecule has 2 aromatic carbocycles. The number of hydrogen-bond acceptors (Lipinski definition) is 3. The van der Waals surface area contributed by atoms with Crippen molar-refractivity contribution in [2.75, 3.05) is 6.54 Å². The average Bonchev–Trinajstić information content (AvgIpc) is 2.67. The molecule has 1 aliphatic rings. The second-order valence-corrected chi connectivity index (χ2v) is 7.35. The molecule has 27 heavy (non-hydrogen) atoms. The zero-order chi connectivity index (χ0) is 18.8. The van der Waals surface area contributed by atoms with Crippen LogP contribution in [0.15, 0.2) is 53.3 Å². The topological polar surface area (TPSA) is 66.1 Å². The van der Waals surface area contributed by atoms with Crippen LogP contribution in [0, 0.1) is 0 Å². The molecule has 1 N–H and O–H groups in total. The van der Waals surface area contributed by atoms with Crippen LogP contribution in [0.5, 0.6) is 0 Å². The largest absolute Gasteiger partial charge is 0.334 e. The van der Waals surface area contributed by atoms with Crippen molar-refractivity contribution in [3.8, 4) is 0 Å². The molecule has 0 aliphatic carbocycles. The predicted molar refractivity (Wildman–Crippen MR) is 106 cm³/mol. The normalized spacial score (nSPS) is 17.2. The molecule has 6 heteroatoms. The van der Waals surface area contributed by atoms with Gasteiger partial charge in [0.05, 0.1) is 11.0 Å². The van der Waals surface area contributed by atoms with Gasteiger partial charge in [0.1, 0.15) is 0 Å². The Balaban J connectivity index is 1.64. The van der Waals surface area contributed by atoms with Gasteiger partial charge in [-0.05, 0) is 55.5 Å². The third kappa shape index (κ3) is 3.74.